The summed E-state index contributed by atoms with van der Waals surface area (Å²) in [6, 6.07) is 9.61. The Morgan fingerprint density at radius 1 is 1.08 bits per heavy atom. The number of phosphoric ester groups is 1. The number of carbonyl (C=O) groups excluding carboxylic acids is 1. The van der Waals surface area contributed by atoms with Crippen LogP contribution >= 0.6 is 19.4 Å². The molecule has 2 aromatic rings. The molecule has 0 radical (unpaired) electrons. The molecule has 262 valence electrons. The highest BCUT2D eigenvalue weighted by atomic mass is 35.5. The maximum absolute atomic E-state index is 13.0. The van der Waals surface area contributed by atoms with Crippen molar-refractivity contribution in [1.29, 1.82) is 5.41 Å². The van der Waals surface area contributed by atoms with Crippen molar-refractivity contribution >= 4 is 37.6 Å². The lowest BCUT2D eigenvalue weighted by Gasteiger charge is -2.41. The third-order valence-electron chi connectivity index (χ3n) is 8.03. The fourth-order valence-electron chi connectivity index (χ4n) is 5.67. The van der Waals surface area contributed by atoms with Crippen LogP contribution in [0.5, 0.6) is 11.5 Å². The molecular weight excluding hydrogens is 679 g/mol. The van der Waals surface area contributed by atoms with E-state index in [2.05, 4.69) is 5.32 Å². The van der Waals surface area contributed by atoms with Crippen LogP contribution in [0.3, 0.4) is 0 Å². The topological polar surface area (TPSA) is 247 Å². The van der Waals surface area contributed by atoms with E-state index in [1.807, 2.05) is 0 Å². The highest BCUT2D eigenvalue weighted by Crippen LogP contribution is 2.43. The van der Waals surface area contributed by atoms with Gasteiger partial charge in [0.1, 0.15) is 49.5 Å². The number of hydrogen-bond donors (Lipinski definition) is 8. The highest BCUT2D eigenvalue weighted by molar-refractivity contribution is 7.46. The largest absolute Gasteiger partial charge is 0.524 e. The minimum atomic E-state index is -5.10. The Morgan fingerprint density at radius 2 is 1.81 bits per heavy atom. The van der Waals surface area contributed by atoms with Gasteiger partial charge in [0, 0.05) is 23.2 Å². The summed E-state index contributed by atoms with van der Waals surface area (Å²) >= 11 is 6.01. The van der Waals surface area contributed by atoms with Crippen LogP contribution < -0.4 is 14.6 Å². The molecule has 2 aromatic carbocycles. The van der Waals surface area contributed by atoms with Gasteiger partial charge in [-0.3, -0.25) is 14.6 Å². The zero-order valence-corrected chi connectivity index (χ0v) is 27.0. The second-order valence-electron chi connectivity index (χ2n) is 11.5. The molecule has 16 nitrogen and oxygen atoms in total. The highest BCUT2D eigenvalue weighted by Gasteiger charge is 2.53. The molecule has 18 heteroatoms. The SMILES string of the molecule is C/C(=C\c1ccc(OC2CC(O)C(C(C=N)OCc3cccc(Cl)c3)O2)c(OP(=O)(O)O)c1)C(=O)NC1C(O)C(O)C2OCOC2C1O. The summed E-state index contributed by atoms with van der Waals surface area (Å²) in [5.74, 6) is -1.28. The number of phosphoric acid groups is 1. The van der Waals surface area contributed by atoms with Gasteiger partial charge < -0.3 is 59.4 Å². The molecule has 10 unspecified atom stereocenters. The number of hydrogen-bond acceptors (Lipinski definition) is 13. The molecule has 48 heavy (non-hydrogen) atoms. The van der Waals surface area contributed by atoms with Gasteiger partial charge in [0.05, 0.1) is 18.8 Å². The fourth-order valence-corrected chi connectivity index (χ4v) is 6.28. The Bertz CT molecular complexity index is 1560. The molecule has 2 aliphatic heterocycles. The predicted octanol–water partition coefficient (Wildman–Crippen LogP) is 0.627. The van der Waals surface area contributed by atoms with Crippen LogP contribution in [0, 0.1) is 5.41 Å². The minimum absolute atomic E-state index is 0.0611. The summed E-state index contributed by atoms with van der Waals surface area (Å²) in [5.41, 5.74) is 1.05. The number of ether oxygens (including phenoxy) is 5. The second-order valence-corrected chi connectivity index (χ2v) is 13.1. The van der Waals surface area contributed by atoms with E-state index in [0.717, 1.165) is 11.8 Å². The van der Waals surface area contributed by atoms with E-state index < -0.39 is 80.6 Å². The van der Waals surface area contributed by atoms with Crippen molar-refractivity contribution in [3.05, 3.63) is 64.2 Å². The number of aliphatic hydroxyl groups excluding tert-OH is 4. The average molecular weight is 715 g/mol. The third-order valence-corrected chi connectivity index (χ3v) is 8.70. The van der Waals surface area contributed by atoms with Gasteiger partial charge in [-0.2, -0.15) is 0 Å². The standard InChI is InChI=1S/C30H36ClN2O14P/c1-14(30(38)33-23-24(35)26(37)29-28(25(23)36)43-13-44-29)7-15-5-6-19(20(9-15)47-48(39,40)41)45-22-10-18(34)27(46-22)21(11-32)42-12-16-3-2-4-17(31)8-16/h2-9,11,18,21-29,32,34-37H,10,12-13H2,1H3,(H,33,38)(H2,39,40,41)/b14-7+,32-11?. The van der Waals surface area contributed by atoms with Crippen LogP contribution in [0.25, 0.3) is 6.08 Å². The van der Waals surface area contributed by atoms with Gasteiger partial charge >= 0.3 is 7.82 Å². The average Bonchev–Trinajstić information content (AvgIpc) is 3.66. The van der Waals surface area contributed by atoms with Gasteiger partial charge in [-0.05, 0) is 48.4 Å². The third kappa shape index (κ3) is 8.60. The number of nitrogens with one attached hydrogen (secondary N) is 2. The number of fused-ring (bicyclic) bond motifs is 1. The van der Waals surface area contributed by atoms with E-state index >= 15 is 0 Å². The van der Waals surface area contributed by atoms with E-state index in [1.54, 1.807) is 24.3 Å². The smallest absolute Gasteiger partial charge is 0.461 e. The Hall–Kier alpha value is -2.96. The number of rotatable bonds is 12. The number of benzene rings is 2. The van der Waals surface area contributed by atoms with Crippen molar-refractivity contribution in [3.8, 4) is 11.5 Å². The van der Waals surface area contributed by atoms with Gasteiger partial charge in [-0.15, -0.1) is 0 Å². The van der Waals surface area contributed by atoms with Crippen molar-refractivity contribution in [2.75, 3.05) is 6.79 Å². The van der Waals surface area contributed by atoms with Crippen LogP contribution in [-0.2, 0) is 34.9 Å². The van der Waals surface area contributed by atoms with Crippen molar-refractivity contribution in [3.63, 3.8) is 0 Å². The van der Waals surface area contributed by atoms with Crippen molar-refractivity contribution < 1.29 is 67.8 Å². The predicted molar refractivity (Wildman–Crippen MR) is 166 cm³/mol. The zero-order chi connectivity index (χ0) is 34.7. The molecule has 8 N–H and O–H groups in total. The molecule has 0 bridgehead atoms. The molecule has 1 amide bonds. The van der Waals surface area contributed by atoms with Crippen LogP contribution in [-0.4, -0.2) is 110 Å². The van der Waals surface area contributed by atoms with E-state index in [-0.39, 0.29) is 36.7 Å². The summed E-state index contributed by atoms with van der Waals surface area (Å²) in [6.07, 6.45) is -8.21. The molecular formula is C30H36ClN2O14P. The monoisotopic (exact) mass is 714 g/mol. The summed E-state index contributed by atoms with van der Waals surface area (Å²) in [4.78, 5) is 32.1. The summed E-state index contributed by atoms with van der Waals surface area (Å²) in [6.45, 7) is 1.31. The van der Waals surface area contributed by atoms with Gasteiger partial charge in [0.15, 0.2) is 11.5 Å². The molecule has 2 heterocycles. The molecule has 5 rings (SSSR count). The minimum Gasteiger partial charge on any atom is -0.461 e. The van der Waals surface area contributed by atoms with Crippen LogP contribution in [0.4, 0.5) is 0 Å². The first-order valence-corrected chi connectivity index (χ1v) is 16.7. The van der Waals surface area contributed by atoms with Crippen molar-refractivity contribution in [1.82, 2.24) is 5.32 Å². The molecule has 1 aliphatic carbocycles. The first-order chi connectivity index (χ1) is 22.7. The van der Waals surface area contributed by atoms with Gasteiger partial charge in [-0.25, -0.2) is 4.57 Å². The molecule has 2 saturated heterocycles. The number of aliphatic hydroxyl groups is 4. The van der Waals surface area contributed by atoms with E-state index in [9.17, 15) is 39.6 Å². The first kappa shape index (κ1) is 36.3. The van der Waals surface area contributed by atoms with Crippen molar-refractivity contribution in [2.24, 2.45) is 0 Å². The Morgan fingerprint density at radius 3 is 2.50 bits per heavy atom. The number of amides is 1. The van der Waals surface area contributed by atoms with E-state index in [0.29, 0.717) is 5.02 Å². The Kier molecular flexibility index (Phi) is 11.6. The van der Waals surface area contributed by atoms with Crippen LogP contribution in [0.2, 0.25) is 5.02 Å². The lowest BCUT2D eigenvalue weighted by Crippen LogP contribution is -2.67. The maximum atomic E-state index is 13.0. The summed E-state index contributed by atoms with van der Waals surface area (Å²) < 4.78 is 44.5. The van der Waals surface area contributed by atoms with Gasteiger partial charge in [-0.1, -0.05) is 29.8 Å². The molecule has 3 aliphatic rings. The van der Waals surface area contributed by atoms with Crippen LogP contribution in [0.1, 0.15) is 24.5 Å². The van der Waals surface area contributed by atoms with E-state index in [4.69, 9.17) is 45.2 Å². The Labute approximate surface area is 279 Å². The first-order valence-electron chi connectivity index (χ1n) is 14.8. The molecule has 0 aromatic heterocycles. The second kappa shape index (κ2) is 15.3. The molecule has 1 saturated carbocycles. The van der Waals surface area contributed by atoms with Gasteiger partial charge in [0.2, 0.25) is 12.2 Å². The van der Waals surface area contributed by atoms with Crippen LogP contribution in [0.15, 0.2) is 48.0 Å². The molecule has 0 spiro atoms. The van der Waals surface area contributed by atoms with Crippen molar-refractivity contribution in [2.45, 2.75) is 81.1 Å². The summed E-state index contributed by atoms with van der Waals surface area (Å²) in [7, 11) is -5.10. The lowest BCUT2D eigenvalue weighted by molar-refractivity contribution is -0.155. The zero-order valence-electron chi connectivity index (χ0n) is 25.4. The molecule has 10 atom stereocenters. The number of carbonyl (C=O) groups is 1. The van der Waals surface area contributed by atoms with E-state index in [1.165, 1.54) is 31.2 Å². The quantitative estimate of drug-likeness (QED) is 0.0854. The Balaban J connectivity index is 1.26. The lowest BCUT2D eigenvalue weighted by atomic mass is 9.83. The fraction of sp³-hybridized carbons (Fsp3) is 0.467. The normalized spacial score (nSPS) is 31.2. The summed E-state index contributed by atoms with van der Waals surface area (Å²) in [5, 5.41) is 52.9. The number of halogens is 1. The van der Waals surface area contributed by atoms with Gasteiger partial charge in [0.25, 0.3) is 0 Å². The molecule has 3 fully saturated rings. The maximum Gasteiger partial charge on any atom is 0.524 e.